The molecule has 7 heteroatoms. The van der Waals surface area contributed by atoms with E-state index in [2.05, 4.69) is 51.7 Å². The molecule has 2 aromatic carbocycles. The Morgan fingerprint density at radius 2 is 1.97 bits per heavy atom. The van der Waals surface area contributed by atoms with Gasteiger partial charge in [-0.25, -0.2) is 4.68 Å². The zero-order valence-corrected chi connectivity index (χ0v) is 17.6. The highest BCUT2D eigenvalue weighted by atomic mass is 16.5. The average molecular weight is 418 g/mol. The molecule has 3 aromatic rings. The molecule has 31 heavy (non-hydrogen) atoms. The van der Waals surface area contributed by atoms with Gasteiger partial charge in [-0.2, -0.15) is 0 Å². The van der Waals surface area contributed by atoms with E-state index < -0.39 is 0 Å². The predicted molar refractivity (Wildman–Crippen MR) is 117 cm³/mol. The molecular formula is C24H27N5O2. The summed E-state index contributed by atoms with van der Waals surface area (Å²) in [6.45, 7) is 4.38. The number of ether oxygens (including phenoxy) is 1. The van der Waals surface area contributed by atoms with Gasteiger partial charge in [-0.05, 0) is 43.0 Å². The van der Waals surface area contributed by atoms with Crippen LogP contribution >= 0.6 is 0 Å². The van der Waals surface area contributed by atoms with Gasteiger partial charge in [0, 0.05) is 19.1 Å². The van der Waals surface area contributed by atoms with E-state index >= 15 is 0 Å². The summed E-state index contributed by atoms with van der Waals surface area (Å²) in [5.41, 5.74) is 2.77. The zero-order chi connectivity index (χ0) is 21.2. The number of hydrogen-bond acceptors (Lipinski definition) is 5. The molecule has 0 spiro atoms. The summed E-state index contributed by atoms with van der Waals surface area (Å²) in [6, 6.07) is 19.3. The molecule has 0 bridgehead atoms. The van der Waals surface area contributed by atoms with Crippen molar-refractivity contribution < 1.29 is 9.53 Å². The van der Waals surface area contributed by atoms with E-state index in [1.54, 1.807) is 10.9 Å². The Labute approximate surface area is 182 Å². The number of hydrogen-bond donors (Lipinski definition) is 1. The lowest BCUT2D eigenvalue weighted by molar-refractivity contribution is 0.0672. The third-order valence-electron chi connectivity index (χ3n) is 6.05. The summed E-state index contributed by atoms with van der Waals surface area (Å²) in [5, 5.41) is 11.1. The first-order valence-electron chi connectivity index (χ1n) is 10.9. The Morgan fingerprint density at radius 1 is 1.16 bits per heavy atom. The highest BCUT2D eigenvalue weighted by molar-refractivity contribution is 5.92. The normalized spacial score (nSPS) is 17.7. The number of likely N-dealkylation sites (tertiary alicyclic amines) is 1. The van der Waals surface area contributed by atoms with Crippen LogP contribution in [0.15, 0.2) is 60.8 Å². The minimum Gasteiger partial charge on any atom is -0.489 e. The second kappa shape index (κ2) is 8.51. The van der Waals surface area contributed by atoms with Gasteiger partial charge in [-0.1, -0.05) is 47.7 Å². The van der Waals surface area contributed by atoms with Crippen molar-refractivity contribution in [1.82, 2.24) is 25.2 Å². The number of nitrogens with one attached hydrogen (secondary N) is 1. The van der Waals surface area contributed by atoms with Crippen LogP contribution in [0.1, 0.15) is 53.5 Å². The number of aromatic nitrogens is 3. The van der Waals surface area contributed by atoms with E-state index in [0.717, 1.165) is 37.2 Å². The molecule has 1 N–H and O–H groups in total. The lowest BCUT2D eigenvalue weighted by atomic mass is 10.00. The Hall–Kier alpha value is -3.19. The van der Waals surface area contributed by atoms with E-state index in [1.165, 1.54) is 5.56 Å². The maximum Gasteiger partial charge on any atom is 0.273 e. The molecule has 0 radical (unpaired) electrons. The Morgan fingerprint density at radius 3 is 2.74 bits per heavy atom. The molecule has 1 saturated heterocycles. The molecule has 2 fully saturated rings. The molecule has 1 aliphatic carbocycles. The molecule has 2 aliphatic rings. The first kappa shape index (κ1) is 19.8. The summed E-state index contributed by atoms with van der Waals surface area (Å²) in [6.07, 6.45) is 4.00. The molecule has 1 amide bonds. The van der Waals surface area contributed by atoms with Crippen LogP contribution in [-0.4, -0.2) is 44.9 Å². The number of rotatable bonds is 8. The maximum absolute atomic E-state index is 12.4. The van der Waals surface area contributed by atoms with Crippen LogP contribution in [0, 0.1) is 0 Å². The van der Waals surface area contributed by atoms with E-state index in [4.69, 9.17) is 4.74 Å². The van der Waals surface area contributed by atoms with Gasteiger partial charge in [0.15, 0.2) is 5.69 Å². The van der Waals surface area contributed by atoms with E-state index in [1.807, 2.05) is 30.3 Å². The first-order chi connectivity index (χ1) is 15.2. The summed E-state index contributed by atoms with van der Waals surface area (Å²) in [4.78, 5) is 14.8. The van der Waals surface area contributed by atoms with Gasteiger partial charge in [0.25, 0.3) is 5.91 Å². The van der Waals surface area contributed by atoms with E-state index in [-0.39, 0.29) is 18.0 Å². The molecule has 160 valence electrons. The monoisotopic (exact) mass is 417 g/mol. The minimum absolute atomic E-state index is 0.138. The molecule has 2 heterocycles. The van der Waals surface area contributed by atoms with E-state index in [9.17, 15) is 4.79 Å². The van der Waals surface area contributed by atoms with Gasteiger partial charge >= 0.3 is 0 Å². The smallest absolute Gasteiger partial charge is 0.273 e. The quantitative estimate of drug-likeness (QED) is 0.608. The van der Waals surface area contributed by atoms with Gasteiger partial charge in [0.1, 0.15) is 12.4 Å². The predicted octanol–water partition coefficient (Wildman–Crippen LogP) is 3.37. The van der Waals surface area contributed by atoms with Crippen LogP contribution in [0.25, 0.3) is 0 Å². The zero-order valence-electron chi connectivity index (χ0n) is 17.6. The highest BCUT2D eigenvalue weighted by Crippen LogP contribution is 2.33. The van der Waals surface area contributed by atoms with Gasteiger partial charge in [-0.3, -0.25) is 9.69 Å². The van der Waals surface area contributed by atoms with E-state index in [0.29, 0.717) is 18.3 Å². The van der Waals surface area contributed by atoms with Crippen LogP contribution in [0.3, 0.4) is 0 Å². The number of amides is 1. The second-order valence-corrected chi connectivity index (χ2v) is 8.46. The SMILES string of the molecule is CC(c1cccc(OCc2ccccc2)c1)N1CC(NC(=O)c2cn(C3CC3)nn2)C1. The lowest BCUT2D eigenvalue weighted by Gasteiger charge is -2.43. The Bertz CT molecular complexity index is 1040. The first-order valence-corrected chi connectivity index (χ1v) is 10.9. The van der Waals surface area contributed by atoms with Crippen molar-refractivity contribution in [2.75, 3.05) is 13.1 Å². The standard InChI is InChI=1S/C24H27N5O2/c1-17(19-8-5-9-22(12-19)31-16-18-6-3-2-4-7-18)28-13-20(14-28)25-24(30)23-15-29(27-26-23)21-10-11-21/h2-9,12,15,17,20-21H,10-11,13-14,16H2,1H3,(H,25,30). The summed E-state index contributed by atoms with van der Waals surface area (Å²) >= 11 is 0. The van der Waals surface area contributed by atoms with Crippen molar-refractivity contribution in [3.05, 3.63) is 77.6 Å². The third kappa shape index (κ3) is 4.61. The largest absolute Gasteiger partial charge is 0.489 e. The van der Waals surface area contributed by atoms with Crippen molar-refractivity contribution in [3.63, 3.8) is 0 Å². The highest BCUT2D eigenvalue weighted by Gasteiger charge is 2.33. The molecule has 1 unspecified atom stereocenters. The molecule has 1 aliphatic heterocycles. The van der Waals surface area contributed by atoms with Crippen LogP contribution in [0.5, 0.6) is 5.75 Å². The number of carbonyl (C=O) groups excluding carboxylic acids is 1. The van der Waals surface area contributed by atoms with Crippen LogP contribution < -0.4 is 10.1 Å². The molecular weight excluding hydrogens is 390 g/mol. The fourth-order valence-electron chi connectivity index (χ4n) is 3.89. The van der Waals surface area contributed by atoms with Crippen molar-refractivity contribution in [3.8, 4) is 5.75 Å². The number of carbonyl (C=O) groups is 1. The topological polar surface area (TPSA) is 72.3 Å². The number of benzene rings is 2. The third-order valence-corrected chi connectivity index (χ3v) is 6.05. The second-order valence-electron chi connectivity index (χ2n) is 8.46. The van der Waals surface area contributed by atoms with Crippen molar-refractivity contribution in [2.45, 2.75) is 44.5 Å². The number of nitrogens with zero attached hydrogens (tertiary/aromatic N) is 4. The van der Waals surface area contributed by atoms with Crippen LogP contribution in [0.2, 0.25) is 0 Å². The average Bonchev–Trinajstić information content (AvgIpc) is 3.51. The summed E-state index contributed by atoms with van der Waals surface area (Å²) in [5.74, 6) is 0.734. The van der Waals surface area contributed by atoms with Crippen LogP contribution in [-0.2, 0) is 6.61 Å². The van der Waals surface area contributed by atoms with Crippen molar-refractivity contribution >= 4 is 5.91 Å². The molecule has 5 rings (SSSR count). The molecule has 1 atom stereocenters. The van der Waals surface area contributed by atoms with Gasteiger partial charge in [0.2, 0.25) is 0 Å². The molecule has 7 nitrogen and oxygen atoms in total. The molecule has 1 saturated carbocycles. The maximum atomic E-state index is 12.4. The summed E-state index contributed by atoms with van der Waals surface area (Å²) in [7, 11) is 0. The Balaban J connectivity index is 1.12. The fourth-order valence-corrected chi connectivity index (χ4v) is 3.89. The minimum atomic E-state index is -0.138. The summed E-state index contributed by atoms with van der Waals surface area (Å²) < 4.78 is 7.77. The molecule has 1 aromatic heterocycles. The lowest BCUT2D eigenvalue weighted by Crippen LogP contribution is -2.59. The van der Waals surface area contributed by atoms with Gasteiger partial charge in [-0.15, -0.1) is 5.10 Å². The van der Waals surface area contributed by atoms with Gasteiger partial charge < -0.3 is 10.1 Å². The van der Waals surface area contributed by atoms with Crippen molar-refractivity contribution in [1.29, 1.82) is 0 Å². The fraction of sp³-hybridized carbons (Fsp3) is 0.375. The van der Waals surface area contributed by atoms with Gasteiger partial charge in [0.05, 0.1) is 18.3 Å². The Kier molecular flexibility index (Phi) is 5.42. The van der Waals surface area contributed by atoms with Crippen molar-refractivity contribution in [2.24, 2.45) is 0 Å². The van der Waals surface area contributed by atoms with Crippen LogP contribution in [0.4, 0.5) is 0 Å².